The molecule has 0 saturated carbocycles. The van der Waals surface area contributed by atoms with Crippen LogP contribution in [0, 0.1) is 72.0 Å². The third-order valence-corrected chi connectivity index (χ3v) is 19.3. The quantitative estimate of drug-likeness (QED) is 0.0216. The Labute approximate surface area is 715 Å². The van der Waals surface area contributed by atoms with Gasteiger partial charge >= 0.3 is 0 Å². The summed E-state index contributed by atoms with van der Waals surface area (Å²) in [6.45, 7) is 42.9. The molecule has 9 aromatic rings. The molecule has 0 aliphatic heterocycles. The van der Waals surface area contributed by atoms with Crippen molar-refractivity contribution >= 4 is 125 Å². The van der Waals surface area contributed by atoms with Gasteiger partial charge in [0, 0.05) is 140 Å². The highest BCUT2D eigenvalue weighted by molar-refractivity contribution is 9.11. The molecular formula is C87H122Br2N26O3. The molecule has 5 aromatic heterocycles. The number of rotatable bonds is 27. The van der Waals surface area contributed by atoms with Crippen molar-refractivity contribution in [3.8, 4) is 23.5 Å². The van der Waals surface area contributed by atoms with Crippen molar-refractivity contribution in [1.82, 2.24) is 75.9 Å². The van der Waals surface area contributed by atoms with Crippen molar-refractivity contribution in [2.45, 2.75) is 144 Å². The van der Waals surface area contributed by atoms with Gasteiger partial charge in [-0.3, -0.25) is 19.5 Å². The van der Waals surface area contributed by atoms with Crippen LogP contribution in [0.1, 0.15) is 179 Å². The highest BCUT2D eigenvalue weighted by Crippen LogP contribution is 2.38. The smallest absolute Gasteiger partial charge is 0.251 e. The summed E-state index contributed by atoms with van der Waals surface area (Å²) >= 11 is 7.38. The normalized spacial score (nSPS) is 11.2. The molecule has 0 bridgehead atoms. The number of aromatic nitrogens is 11. The fourth-order valence-electron chi connectivity index (χ4n) is 12.4. The number of hydrogen-bond donors (Lipinski definition) is 9. The van der Waals surface area contributed by atoms with Crippen molar-refractivity contribution in [2.75, 3.05) is 149 Å². The SMILES string of the molecule is CCc1nc(Nc2cc(C(=O)NC)ccc2C)c(Br)c(N(C)CC(C)(C)C)n1.CCc1nc(Nc2cc(C(=O)NC)ccc2C)c(Br)c(N(C)CC(C)(C)C)n1.CNC(=O)c1ccc(C)c(Nc2nc(NCCCN(C)C)nc(N(C)CC(C)(C)C)c2C#N)c1.Cc1ccc(-c2ncn[nH]2)cc1Nc1ncnc(N(C)CC(C)(C)C)c1C#N. The van der Waals surface area contributed by atoms with Gasteiger partial charge in [0.25, 0.3) is 17.7 Å². The van der Waals surface area contributed by atoms with Gasteiger partial charge in [0.2, 0.25) is 5.95 Å². The molecule has 31 heteroatoms. The predicted octanol–water partition coefficient (Wildman–Crippen LogP) is 16.7. The molecule has 0 aliphatic carbocycles. The monoisotopic (exact) mass is 1740 g/mol. The zero-order valence-electron chi connectivity index (χ0n) is 74.0. The first-order valence-corrected chi connectivity index (χ1v) is 40.9. The maximum atomic E-state index is 12.1. The average molecular weight is 1740 g/mol. The summed E-state index contributed by atoms with van der Waals surface area (Å²) in [5, 5.41) is 51.2. The summed E-state index contributed by atoms with van der Waals surface area (Å²) in [4.78, 5) is 87.5. The summed E-state index contributed by atoms with van der Waals surface area (Å²) in [5.41, 5.74) is 11.0. The molecule has 29 nitrogen and oxygen atoms in total. The minimum absolute atomic E-state index is 0.0117. The lowest BCUT2D eigenvalue weighted by Crippen LogP contribution is -2.31. The summed E-state index contributed by atoms with van der Waals surface area (Å²) in [5.74, 6) is 7.38. The molecule has 0 atom stereocenters. The number of halogens is 2. The first-order valence-electron chi connectivity index (χ1n) is 39.3. The number of carbonyl (C=O) groups excluding carboxylic acids is 3. The lowest BCUT2D eigenvalue weighted by molar-refractivity contribution is 0.0955. The maximum absolute atomic E-state index is 12.1. The van der Waals surface area contributed by atoms with Gasteiger partial charge in [-0.15, -0.1) is 0 Å². The van der Waals surface area contributed by atoms with Crippen LogP contribution in [0.25, 0.3) is 11.4 Å². The Bertz CT molecular complexity index is 4850. The molecule has 0 unspecified atom stereocenters. The Morgan fingerprint density at radius 2 is 0.822 bits per heavy atom. The molecule has 5 heterocycles. The van der Waals surface area contributed by atoms with Gasteiger partial charge in [0.1, 0.15) is 68.1 Å². The molecule has 0 fully saturated rings. The van der Waals surface area contributed by atoms with Crippen molar-refractivity contribution in [3.05, 3.63) is 156 Å². The van der Waals surface area contributed by atoms with E-state index in [-0.39, 0.29) is 39.4 Å². The zero-order chi connectivity index (χ0) is 87.9. The van der Waals surface area contributed by atoms with E-state index in [1.54, 1.807) is 33.3 Å². The summed E-state index contributed by atoms with van der Waals surface area (Å²) in [6.07, 6.45) is 5.34. The number of anilines is 13. The largest absolute Gasteiger partial charge is 0.358 e. The van der Waals surface area contributed by atoms with Crippen LogP contribution in [0.3, 0.4) is 0 Å². The molecule has 3 amide bonds. The zero-order valence-corrected chi connectivity index (χ0v) is 77.2. The van der Waals surface area contributed by atoms with Crippen LogP contribution < -0.4 is 62.1 Å². The van der Waals surface area contributed by atoms with Crippen LogP contribution in [0.5, 0.6) is 0 Å². The number of amides is 3. The van der Waals surface area contributed by atoms with Gasteiger partial charge in [-0.05, 0) is 173 Å². The number of aryl methyl sites for hydroxylation is 6. The highest BCUT2D eigenvalue weighted by Gasteiger charge is 2.27. The minimum Gasteiger partial charge on any atom is -0.358 e. The second-order valence-corrected chi connectivity index (χ2v) is 35.7. The van der Waals surface area contributed by atoms with Gasteiger partial charge in [-0.25, -0.2) is 34.9 Å². The lowest BCUT2D eigenvalue weighted by atomic mass is 9.96. The first kappa shape index (κ1) is 95.7. The molecule has 0 aliphatic rings. The topological polar surface area (TPSA) is 356 Å². The number of nitrogens with zero attached hydrogens (tertiary/aromatic N) is 17. The van der Waals surface area contributed by atoms with Gasteiger partial charge in [-0.2, -0.15) is 25.6 Å². The van der Waals surface area contributed by atoms with Gasteiger partial charge in [0.05, 0.1) is 0 Å². The number of nitriles is 2. The molecule has 0 radical (unpaired) electrons. The molecule has 9 rings (SSSR count). The number of carbonyl (C=O) groups is 3. The van der Waals surface area contributed by atoms with Crippen LogP contribution in [0.4, 0.5) is 75.2 Å². The van der Waals surface area contributed by atoms with Crippen LogP contribution in [0.2, 0.25) is 0 Å². The molecule has 632 valence electrons. The fourth-order valence-corrected chi connectivity index (χ4v) is 13.6. The Morgan fingerprint density at radius 3 is 1.19 bits per heavy atom. The number of nitrogens with one attached hydrogen (secondary N) is 9. The van der Waals surface area contributed by atoms with E-state index >= 15 is 0 Å². The van der Waals surface area contributed by atoms with Crippen molar-refractivity contribution in [3.63, 3.8) is 0 Å². The van der Waals surface area contributed by atoms with E-state index in [2.05, 4.69) is 224 Å². The second-order valence-electron chi connectivity index (χ2n) is 34.1. The van der Waals surface area contributed by atoms with Crippen LogP contribution in [0.15, 0.2) is 94.4 Å². The predicted molar refractivity (Wildman–Crippen MR) is 488 cm³/mol. The molecule has 118 heavy (non-hydrogen) atoms. The summed E-state index contributed by atoms with van der Waals surface area (Å²) < 4.78 is 1.61. The van der Waals surface area contributed by atoms with E-state index in [1.807, 2.05) is 154 Å². The third kappa shape index (κ3) is 28.6. The van der Waals surface area contributed by atoms with Crippen LogP contribution in [-0.4, -0.2) is 180 Å². The fraction of sp³-hybridized carbons (Fsp3) is 0.460. The third-order valence-electron chi connectivity index (χ3n) is 17.8. The van der Waals surface area contributed by atoms with Crippen molar-refractivity contribution in [1.29, 1.82) is 10.5 Å². The first-order chi connectivity index (χ1) is 55.3. The molecule has 0 saturated heterocycles. The standard InChI is InChI=1S/C25H38N8O.2C21H30BrN5O.C20H24N8/c1-17-10-11-18(23(34)27-5)14-20(17)29-21-19(15-26)22(33(8)16-25(2,3)4)31-24(30-21)28-12-9-13-32(6)7;2*1-8-16-25-18(17(22)19(26-16)27(7)12-21(3,4)5)24-15-11-14(20(28)23-6)10-9-13(15)2;1-13-6-7-14(17-23-12-25-27-17)8-16(13)26-18-15(9-21)19(24-11-22-18)28(5)10-20(2,3)4/h10-11,14H,9,12-13,16H2,1-8H3,(H,27,34)(H2,28,29,30,31);2*9-11H,8,12H2,1-7H3,(H,23,28)(H,24,25,26);6-8,11-12H,10H2,1-5H3,(H,22,24,26)(H,23,25,27). The van der Waals surface area contributed by atoms with E-state index in [9.17, 15) is 24.9 Å². The molecule has 9 N–H and O–H groups in total. The Morgan fingerprint density at radius 1 is 0.449 bits per heavy atom. The van der Waals surface area contributed by atoms with Gasteiger partial charge < -0.3 is 67.0 Å². The Balaban J connectivity index is 0.000000245. The highest BCUT2D eigenvalue weighted by atomic mass is 79.9. The van der Waals surface area contributed by atoms with Crippen molar-refractivity contribution < 1.29 is 14.4 Å². The van der Waals surface area contributed by atoms with E-state index in [0.717, 1.165) is 123 Å². The summed E-state index contributed by atoms with van der Waals surface area (Å²) in [7, 11) is 16.9. The van der Waals surface area contributed by atoms with E-state index < -0.39 is 0 Å². The molecular weight excluding hydrogens is 1620 g/mol. The number of aromatic amines is 1. The number of benzene rings is 4. The van der Waals surface area contributed by atoms with Gasteiger partial charge in [0.15, 0.2) is 40.7 Å². The van der Waals surface area contributed by atoms with E-state index in [1.165, 1.54) is 12.7 Å². The van der Waals surface area contributed by atoms with Crippen molar-refractivity contribution in [2.24, 2.45) is 21.7 Å². The second kappa shape index (κ2) is 42.8. The average Bonchev–Trinajstić information content (AvgIpc) is 0.863. The number of hydrogen-bond acceptors (Lipinski definition) is 25. The van der Waals surface area contributed by atoms with Crippen LogP contribution in [-0.2, 0) is 12.8 Å². The molecule has 0 spiro atoms. The van der Waals surface area contributed by atoms with Gasteiger partial charge in [-0.1, -0.05) is 127 Å². The van der Waals surface area contributed by atoms with Crippen LogP contribution >= 0.6 is 31.9 Å². The maximum Gasteiger partial charge on any atom is 0.251 e. The minimum atomic E-state index is -0.180. The van der Waals surface area contributed by atoms with E-state index in [0.29, 0.717) is 93.3 Å². The molecule has 4 aromatic carbocycles. The van der Waals surface area contributed by atoms with E-state index in [4.69, 9.17) is 15.0 Å². The Kier molecular flexibility index (Phi) is 34.7. The lowest BCUT2D eigenvalue weighted by Gasteiger charge is -2.29. The number of H-pyrrole nitrogens is 1. The summed E-state index contributed by atoms with van der Waals surface area (Å²) in [6, 6.07) is 27.0. The Hall–Kier alpha value is -11.2.